The number of hydrogen-bond donors (Lipinski definition) is 2. The largest absolute Gasteiger partial charge is 0.444 e. The number of alkyl carbamates (subject to hydrolysis) is 1. The van der Waals surface area contributed by atoms with Gasteiger partial charge in [0, 0.05) is 12.6 Å². The average Bonchev–Trinajstić information content (AvgIpc) is 2.79. The molecule has 1 saturated carbocycles. The van der Waals surface area contributed by atoms with Gasteiger partial charge in [0.25, 0.3) is 0 Å². The number of nitrogens with one attached hydrogen (secondary N) is 2. The van der Waals surface area contributed by atoms with Crippen molar-refractivity contribution in [3.63, 3.8) is 0 Å². The first-order chi connectivity index (χ1) is 16.5. The Morgan fingerprint density at radius 3 is 2.23 bits per heavy atom. The molecule has 1 aromatic rings. The number of hydrogen-bond acceptors (Lipinski definition) is 4. The third kappa shape index (κ3) is 9.19. The first-order valence-electron chi connectivity index (χ1n) is 13.2. The third-order valence-electron chi connectivity index (χ3n) is 6.27. The summed E-state index contributed by atoms with van der Waals surface area (Å²) in [6.45, 7) is 11.6. The second-order valence-electron chi connectivity index (χ2n) is 10.9. The fraction of sp³-hybridized carbons (Fsp3) is 0.679. The number of unbranched alkanes of at least 4 members (excludes halogenated alkanes) is 1. The molecule has 1 aromatic carbocycles. The predicted octanol–water partition coefficient (Wildman–Crippen LogP) is 5.35. The molecule has 2 N–H and O–H groups in total. The molecule has 7 nitrogen and oxygen atoms in total. The highest BCUT2D eigenvalue weighted by atomic mass is 16.6. The molecule has 0 spiro atoms. The number of carbonyl (C=O) groups is 3. The van der Waals surface area contributed by atoms with Crippen molar-refractivity contribution in [1.82, 2.24) is 15.5 Å². The lowest BCUT2D eigenvalue weighted by Gasteiger charge is -2.36. The van der Waals surface area contributed by atoms with Crippen molar-refractivity contribution in [1.29, 1.82) is 0 Å². The lowest BCUT2D eigenvalue weighted by atomic mass is 9.94. The summed E-state index contributed by atoms with van der Waals surface area (Å²) in [7, 11) is 0. The zero-order valence-corrected chi connectivity index (χ0v) is 22.4. The minimum atomic E-state index is -0.810. The molecule has 0 radical (unpaired) electrons. The van der Waals surface area contributed by atoms with Gasteiger partial charge in [-0.2, -0.15) is 0 Å². The Hall–Kier alpha value is -2.57. The summed E-state index contributed by atoms with van der Waals surface area (Å²) in [5.74, 6) is -0.615. The lowest BCUT2D eigenvalue weighted by molar-refractivity contribution is -0.143. The lowest BCUT2D eigenvalue weighted by Crippen LogP contribution is -2.55. The van der Waals surface area contributed by atoms with Crippen molar-refractivity contribution >= 4 is 17.9 Å². The maximum absolute atomic E-state index is 14.0. The summed E-state index contributed by atoms with van der Waals surface area (Å²) in [5, 5.41) is 6.00. The topological polar surface area (TPSA) is 87.7 Å². The summed E-state index contributed by atoms with van der Waals surface area (Å²) in [5.41, 5.74) is 0.0910. The molecule has 0 heterocycles. The van der Waals surface area contributed by atoms with Crippen molar-refractivity contribution in [2.45, 2.75) is 110 Å². The summed E-state index contributed by atoms with van der Waals surface area (Å²) >= 11 is 0. The van der Waals surface area contributed by atoms with Gasteiger partial charge in [0.1, 0.15) is 17.7 Å². The monoisotopic (exact) mass is 487 g/mol. The van der Waals surface area contributed by atoms with E-state index in [4.69, 9.17) is 4.74 Å². The molecular formula is C28H45N3O4. The Kier molecular flexibility index (Phi) is 11.1. The number of carbonyl (C=O) groups excluding carboxylic acids is 3. The summed E-state index contributed by atoms with van der Waals surface area (Å²) in [6, 6.07) is 8.01. The van der Waals surface area contributed by atoms with Crippen molar-refractivity contribution < 1.29 is 19.1 Å². The van der Waals surface area contributed by atoms with E-state index in [2.05, 4.69) is 17.6 Å². The van der Waals surface area contributed by atoms with Gasteiger partial charge in [-0.1, -0.05) is 76.8 Å². The van der Waals surface area contributed by atoms with Crippen LogP contribution in [-0.4, -0.2) is 47.0 Å². The molecule has 0 bridgehead atoms. The first-order valence-corrected chi connectivity index (χ1v) is 13.2. The van der Waals surface area contributed by atoms with E-state index >= 15 is 0 Å². The molecular weight excluding hydrogens is 442 g/mol. The molecule has 3 amide bonds. The molecule has 0 aliphatic heterocycles. The van der Waals surface area contributed by atoms with E-state index in [9.17, 15) is 14.4 Å². The highest BCUT2D eigenvalue weighted by Crippen LogP contribution is 2.26. The zero-order valence-electron chi connectivity index (χ0n) is 22.4. The highest BCUT2D eigenvalue weighted by molar-refractivity contribution is 5.92. The van der Waals surface area contributed by atoms with E-state index in [1.165, 1.54) is 6.42 Å². The zero-order chi connectivity index (χ0) is 26.0. The van der Waals surface area contributed by atoms with E-state index in [1.54, 1.807) is 25.7 Å². The molecule has 1 fully saturated rings. The summed E-state index contributed by atoms with van der Waals surface area (Å²) < 4.78 is 5.42. The van der Waals surface area contributed by atoms with Gasteiger partial charge in [-0.15, -0.1) is 0 Å². The van der Waals surface area contributed by atoms with Gasteiger partial charge in [0.15, 0.2) is 0 Å². The quantitative estimate of drug-likeness (QED) is 0.465. The smallest absolute Gasteiger partial charge is 0.408 e. The van der Waals surface area contributed by atoms with Crippen molar-refractivity contribution in [2.75, 3.05) is 6.54 Å². The van der Waals surface area contributed by atoms with Crippen LogP contribution in [0.15, 0.2) is 30.3 Å². The molecule has 2 unspecified atom stereocenters. The van der Waals surface area contributed by atoms with Crippen LogP contribution in [0.25, 0.3) is 0 Å². The molecule has 1 aliphatic rings. The second-order valence-corrected chi connectivity index (χ2v) is 10.9. The SMILES string of the molecule is CCCCN(C(=O)C(NC(=O)OC(C)(C)C)C(C)C)C(C(=O)NC1CCCCC1)c1ccccc1. The van der Waals surface area contributed by atoms with Crippen LogP contribution in [0.2, 0.25) is 0 Å². The minimum absolute atomic E-state index is 0.131. The number of rotatable bonds is 10. The Labute approximate surface area is 211 Å². The van der Waals surface area contributed by atoms with Crippen LogP contribution < -0.4 is 10.6 Å². The van der Waals surface area contributed by atoms with Gasteiger partial charge in [-0.25, -0.2) is 4.79 Å². The molecule has 196 valence electrons. The minimum Gasteiger partial charge on any atom is -0.444 e. The molecule has 2 rings (SSSR count). The van der Waals surface area contributed by atoms with E-state index in [0.717, 1.165) is 44.1 Å². The van der Waals surface area contributed by atoms with Crippen molar-refractivity contribution in [2.24, 2.45) is 5.92 Å². The fourth-order valence-corrected chi connectivity index (χ4v) is 4.46. The van der Waals surface area contributed by atoms with Gasteiger partial charge in [0.05, 0.1) is 0 Å². The maximum Gasteiger partial charge on any atom is 0.408 e. The van der Waals surface area contributed by atoms with E-state index in [1.807, 2.05) is 44.2 Å². The highest BCUT2D eigenvalue weighted by Gasteiger charge is 2.37. The van der Waals surface area contributed by atoms with Crippen LogP contribution >= 0.6 is 0 Å². The number of nitrogens with zero attached hydrogens (tertiary/aromatic N) is 1. The van der Waals surface area contributed by atoms with E-state index in [-0.39, 0.29) is 23.8 Å². The van der Waals surface area contributed by atoms with Gasteiger partial charge in [-0.3, -0.25) is 9.59 Å². The van der Waals surface area contributed by atoms with Crippen LogP contribution in [0.4, 0.5) is 4.79 Å². The van der Waals surface area contributed by atoms with Crippen LogP contribution in [0.5, 0.6) is 0 Å². The number of ether oxygens (including phenoxy) is 1. The molecule has 0 saturated heterocycles. The van der Waals surface area contributed by atoms with Gasteiger partial charge in [0.2, 0.25) is 11.8 Å². The fourth-order valence-electron chi connectivity index (χ4n) is 4.46. The second kappa shape index (κ2) is 13.5. The normalized spacial score (nSPS) is 16.3. The number of benzene rings is 1. The van der Waals surface area contributed by atoms with Crippen LogP contribution in [0.3, 0.4) is 0 Å². The average molecular weight is 488 g/mol. The van der Waals surface area contributed by atoms with Crippen LogP contribution in [0.1, 0.15) is 98.1 Å². The van der Waals surface area contributed by atoms with Crippen molar-refractivity contribution in [3.05, 3.63) is 35.9 Å². The Bertz CT molecular complexity index is 813. The molecule has 7 heteroatoms. The molecule has 0 aromatic heterocycles. The van der Waals surface area contributed by atoms with Gasteiger partial charge < -0.3 is 20.3 Å². The summed E-state index contributed by atoms with van der Waals surface area (Å²) in [4.78, 5) is 41.9. The van der Waals surface area contributed by atoms with Gasteiger partial charge >= 0.3 is 6.09 Å². The predicted molar refractivity (Wildman–Crippen MR) is 139 cm³/mol. The molecule has 35 heavy (non-hydrogen) atoms. The Morgan fingerprint density at radius 1 is 1.06 bits per heavy atom. The Balaban J connectivity index is 2.38. The third-order valence-corrected chi connectivity index (χ3v) is 6.27. The van der Waals surface area contributed by atoms with E-state index in [0.29, 0.717) is 6.54 Å². The van der Waals surface area contributed by atoms with Crippen LogP contribution in [0, 0.1) is 5.92 Å². The van der Waals surface area contributed by atoms with Crippen LogP contribution in [-0.2, 0) is 14.3 Å². The summed E-state index contributed by atoms with van der Waals surface area (Å²) in [6.07, 6.45) is 6.33. The Morgan fingerprint density at radius 2 is 1.69 bits per heavy atom. The molecule has 1 aliphatic carbocycles. The van der Waals surface area contributed by atoms with E-state index < -0.39 is 23.8 Å². The van der Waals surface area contributed by atoms with Gasteiger partial charge in [-0.05, 0) is 51.5 Å². The first kappa shape index (κ1) is 28.7. The molecule has 2 atom stereocenters. The van der Waals surface area contributed by atoms with Crippen molar-refractivity contribution in [3.8, 4) is 0 Å². The number of amides is 3. The standard InChI is InChI=1S/C28H45N3O4/c1-7-8-19-31(26(33)23(20(2)3)30-27(34)35-28(4,5)6)24(21-15-11-9-12-16-21)25(32)29-22-17-13-10-14-18-22/h9,11-12,15-16,20,22-24H,7-8,10,13-14,17-19H2,1-6H3,(H,29,32)(H,30,34). The maximum atomic E-state index is 14.0.